The van der Waals surface area contributed by atoms with Crippen LogP contribution >= 0.6 is 0 Å². The normalized spacial score (nSPS) is 16.2. The van der Waals surface area contributed by atoms with Crippen molar-refractivity contribution in [2.24, 2.45) is 0 Å². The van der Waals surface area contributed by atoms with Crippen LogP contribution in [0.25, 0.3) is 0 Å². The van der Waals surface area contributed by atoms with Crippen LogP contribution in [0.3, 0.4) is 0 Å². The highest BCUT2D eigenvalue weighted by Gasteiger charge is 2.22. The van der Waals surface area contributed by atoms with Gasteiger partial charge in [-0.25, -0.2) is 0 Å². The van der Waals surface area contributed by atoms with Gasteiger partial charge in [0.15, 0.2) is 0 Å². The predicted octanol–water partition coefficient (Wildman–Crippen LogP) is 7.44. The van der Waals surface area contributed by atoms with Crippen LogP contribution in [0.2, 0.25) is 0 Å². The smallest absolute Gasteiger partial charge is 0.0428 e. The molecule has 0 saturated heterocycles. The van der Waals surface area contributed by atoms with E-state index < -0.39 is 0 Å². The summed E-state index contributed by atoms with van der Waals surface area (Å²) < 4.78 is 0. The van der Waals surface area contributed by atoms with E-state index in [2.05, 4.69) is 79.0 Å². The van der Waals surface area contributed by atoms with Crippen LogP contribution in [0, 0.1) is 6.92 Å². The molecule has 0 aliphatic rings. The van der Waals surface area contributed by atoms with Crippen LogP contribution in [-0.4, -0.2) is 12.1 Å². The van der Waals surface area contributed by atoms with Crippen LogP contribution in [0.15, 0.2) is 6.07 Å². The largest absolute Gasteiger partial charge is 0.382 e. The van der Waals surface area contributed by atoms with Gasteiger partial charge < -0.3 is 10.6 Å². The van der Waals surface area contributed by atoms with Gasteiger partial charge in [0.2, 0.25) is 0 Å². The topological polar surface area (TPSA) is 24.1 Å². The zero-order valence-electron chi connectivity index (χ0n) is 18.2. The molecule has 4 atom stereocenters. The summed E-state index contributed by atoms with van der Waals surface area (Å²) in [5.74, 6) is 1.15. The van der Waals surface area contributed by atoms with E-state index in [9.17, 15) is 0 Å². The Labute approximate surface area is 157 Å². The lowest BCUT2D eigenvalue weighted by molar-refractivity contribution is 0.699. The van der Waals surface area contributed by atoms with Gasteiger partial charge in [-0.2, -0.15) is 0 Å². The maximum absolute atomic E-state index is 3.82. The summed E-state index contributed by atoms with van der Waals surface area (Å²) in [7, 11) is 0. The van der Waals surface area contributed by atoms with Crippen molar-refractivity contribution in [1.29, 1.82) is 0 Å². The zero-order chi connectivity index (χ0) is 19.1. The lowest BCUT2D eigenvalue weighted by Gasteiger charge is -2.29. The van der Waals surface area contributed by atoms with Gasteiger partial charge in [0.05, 0.1) is 0 Å². The second-order valence-corrected chi connectivity index (χ2v) is 7.96. The minimum Gasteiger partial charge on any atom is -0.382 e. The summed E-state index contributed by atoms with van der Waals surface area (Å²) in [5.41, 5.74) is 7.10. The Kier molecular flexibility index (Phi) is 8.82. The number of anilines is 2. The van der Waals surface area contributed by atoms with Crippen molar-refractivity contribution in [2.75, 3.05) is 10.6 Å². The van der Waals surface area contributed by atoms with E-state index in [-0.39, 0.29) is 0 Å². The molecule has 1 aromatic carbocycles. The van der Waals surface area contributed by atoms with Gasteiger partial charge >= 0.3 is 0 Å². The molecule has 0 spiro atoms. The fraction of sp³-hybridized carbons (Fsp3) is 0.739. The molecular weight excluding hydrogens is 304 g/mol. The molecule has 0 heterocycles. The van der Waals surface area contributed by atoms with E-state index in [4.69, 9.17) is 0 Å². The number of hydrogen-bond acceptors (Lipinski definition) is 2. The Balaban J connectivity index is 3.58. The van der Waals surface area contributed by atoms with Crippen molar-refractivity contribution in [2.45, 2.75) is 112 Å². The number of hydrogen-bond donors (Lipinski definition) is 2. The Hall–Kier alpha value is -1.18. The molecule has 0 radical (unpaired) electrons. The molecule has 0 amide bonds. The van der Waals surface area contributed by atoms with Gasteiger partial charge in [-0.05, 0) is 75.0 Å². The molecule has 2 heteroatoms. The van der Waals surface area contributed by atoms with E-state index in [1.165, 1.54) is 40.9 Å². The summed E-state index contributed by atoms with van der Waals surface area (Å²) in [6.07, 6.45) is 4.63. The lowest BCUT2D eigenvalue weighted by atomic mass is 9.86. The van der Waals surface area contributed by atoms with Crippen LogP contribution in [0.1, 0.15) is 110 Å². The first-order valence-electron chi connectivity index (χ1n) is 10.5. The average Bonchev–Trinajstić information content (AvgIpc) is 2.63. The van der Waals surface area contributed by atoms with Gasteiger partial charge in [-0.3, -0.25) is 0 Å². The van der Waals surface area contributed by atoms with Crippen molar-refractivity contribution in [1.82, 2.24) is 0 Å². The first-order valence-corrected chi connectivity index (χ1v) is 10.5. The van der Waals surface area contributed by atoms with Crippen molar-refractivity contribution in [3.8, 4) is 0 Å². The summed E-state index contributed by atoms with van der Waals surface area (Å²) in [6, 6.07) is 3.48. The van der Waals surface area contributed by atoms with Crippen molar-refractivity contribution in [3.63, 3.8) is 0 Å². The highest BCUT2D eigenvalue weighted by Crippen LogP contribution is 2.41. The minimum absolute atomic E-state index is 0.493. The maximum atomic E-state index is 3.82. The third-order valence-electron chi connectivity index (χ3n) is 5.93. The Morgan fingerprint density at radius 1 is 0.680 bits per heavy atom. The van der Waals surface area contributed by atoms with E-state index in [0.717, 1.165) is 12.8 Å². The third-order valence-corrected chi connectivity index (χ3v) is 5.93. The molecule has 0 aliphatic carbocycles. The summed E-state index contributed by atoms with van der Waals surface area (Å²) >= 11 is 0. The van der Waals surface area contributed by atoms with E-state index in [1.807, 2.05) is 0 Å². The molecule has 0 fully saturated rings. The lowest BCUT2D eigenvalue weighted by Crippen LogP contribution is -2.21. The first-order chi connectivity index (χ1) is 11.8. The van der Waals surface area contributed by atoms with Gasteiger partial charge in [-0.1, -0.05) is 47.6 Å². The molecule has 0 aliphatic heterocycles. The third kappa shape index (κ3) is 5.39. The average molecular weight is 347 g/mol. The predicted molar refractivity (Wildman–Crippen MR) is 115 cm³/mol. The van der Waals surface area contributed by atoms with Crippen molar-refractivity contribution < 1.29 is 0 Å². The fourth-order valence-electron chi connectivity index (χ4n) is 3.17. The van der Waals surface area contributed by atoms with Crippen LogP contribution in [0.5, 0.6) is 0 Å². The van der Waals surface area contributed by atoms with Crippen LogP contribution < -0.4 is 10.6 Å². The molecular formula is C23H42N2. The van der Waals surface area contributed by atoms with E-state index >= 15 is 0 Å². The minimum atomic E-state index is 0.493. The van der Waals surface area contributed by atoms with Crippen molar-refractivity contribution in [3.05, 3.63) is 22.8 Å². The molecule has 0 bridgehead atoms. The molecule has 0 saturated carbocycles. The fourth-order valence-corrected chi connectivity index (χ4v) is 3.17. The molecule has 1 aromatic rings. The Morgan fingerprint density at radius 2 is 1.04 bits per heavy atom. The van der Waals surface area contributed by atoms with E-state index in [0.29, 0.717) is 23.9 Å². The summed E-state index contributed by atoms with van der Waals surface area (Å²) in [6.45, 7) is 20.7. The van der Waals surface area contributed by atoms with Gasteiger partial charge in [-0.15, -0.1) is 0 Å². The summed E-state index contributed by atoms with van der Waals surface area (Å²) in [5, 5.41) is 7.64. The molecule has 1 rings (SSSR count). The molecule has 144 valence electrons. The molecule has 0 aromatic heterocycles. The molecule has 25 heavy (non-hydrogen) atoms. The highest BCUT2D eigenvalue weighted by atomic mass is 14.9. The second-order valence-electron chi connectivity index (χ2n) is 7.96. The van der Waals surface area contributed by atoms with Crippen molar-refractivity contribution >= 4 is 11.4 Å². The van der Waals surface area contributed by atoms with Gasteiger partial charge in [0, 0.05) is 23.5 Å². The Bertz CT molecular complexity index is 491. The standard InChI is InChI=1S/C23H42N2/c1-10-15(5)20-14-21(16(6)11-2)23(25-18(8)13-4)19(9)22(20)24-17(7)12-3/h14-18,24-25H,10-13H2,1-9H3. The van der Waals surface area contributed by atoms with Crippen LogP contribution in [-0.2, 0) is 0 Å². The van der Waals surface area contributed by atoms with Gasteiger partial charge in [0.25, 0.3) is 0 Å². The molecule has 2 N–H and O–H groups in total. The van der Waals surface area contributed by atoms with Crippen LogP contribution in [0.4, 0.5) is 11.4 Å². The first kappa shape index (κ1) is 21.9. The van der Waals surface area contributed by atoms with E-state index in [1.54, 1.807) is 0 Å². The number of rotatable bonds is 10. The summed E-state index contributed by atoms with van der Waals surface area (Å²) in [4.78, 5) is 0. The highest BCUT2D eigenvalue weighted by molar-refractivity contribution is 5.74. The number of benzene rings is 1. The zero-order valence-corrected chi connectivity index (χ0v) is 18.2. The quantitative estimate of drug-likeness (QED) is 0.460. The second kappa shape index (κ2) is 10.1. The molecule has 4 unspecified atom stereocenters. The maximum Gasteiger partial charge on any atom is 0.0428 e. The number of nitrogens with one attached hydrogen (secondary N) is 2. The SMILES string of the molecule is CCC(C)Nc1c(C(C)CC)cc(C(C)CC)c(NC(C)CC)c1C. The Morgan fingerprint density at radius 3 is 1.32 bits per heavy atom. The molecule has 2 nitrogen and oxygen atoms in total. The monoisotopic (exact) mass is 346 g/mol. The van der Waals surface area contributed by atoms with Gasteiger partial charge in [0.1, 0.15) is 0 Å².